The number of carbonyl (C=O) groups excluding carboxylic acids is 2. The Balaban J connectivity index is 1.39. The molecule has 146 valence electrons. The lowest BCUT2D eigenvalue weighted by Crippen LogP contribution is -2.41. The van der Waals surface area contributed by atoms with E-state index < -0.39 is 6.03 Å². The number of primary amides is 1. The molecule has 1 fully saturated rings. The first-order chi connectivity index (χ1) is 13.6. The predicted molar refractivity (Wildman–Crippen MR) is 111 cm³/mol. The second kappa shape index (κ2) is 8.06. The van der Waals surface area contributed by atoms with Crippen molar-refractivity contribution in [1.29, 1.82) is 0 Å². The fourth-order valence-corrected chi connectivity index (χ4v) is 4.84. The van der Waals surface area contributed by atoms with E-state index in [0.29, 0.717) is 5.92 Å². The van der Waals surface area contributed by atoms with Gasteiger partial charge in [0, 0.05) is 35.1 Å². The van der Waals surface area contributed by atoms with Crippen LogP contribution in [0.25, 0.3) is 10.9 Å². The molecule has 7 heteroatoms. The molecule has 1 aliphatic rings. The Morgan fingerprint density at radius 3 is 2.71 bits per heavy atom. The van der Waals surface area contributed by atoms with Gasteiger partial charge in [0.15, 0.2) is 0 Å². The number of aromatic amines is 1. The molecule has 2 aromatic heterocycles. The minimum atomic E-state index is -0.607. The molecule has 0 spiro atoms. The van der Waals surface area contributed by atoms with E-state index in [0.717, 1.165) is 36.3 Å². The number of aromatic nitrogens is 1. The summed E-state index contributed by atoms with van der Waals surface area (Å²) in [6.07, 6.45) is 4.23. The molecule has 4 rings (SSSR count). The van der Waals surface area contributed by atoms with Crippen LogP contribution >= 0.6 is 11.3 Å². The van der Waals surface area contributed by atoms with Crippen LogP contribution in [0, 0.1) is 0 Å². The van der Waals surface area contributed by atoms with Crippen LogP contribution in [-0.4, -0.2) is 34.9 Å². The van der Waals surface area contributed by atoms with Crippen molar-refractivity contribution in [1.82, 2.24) is 15.2 Å². The minimum Gasteiger partial charge on any atom is -0.361 e. The van der Waals surface area contributed by atoms with Crippen LogP contribution in [-0.2, 0) is 4.79 Å². The number of likely N-dealkylation sites (tertiary alicyclic amines) is 1. The highest BCUT2D eigenvalue weighted by Crippen LogP contribution is 2.33. The van der Waals surface area contributed by atoms with Gasteiger partial charge in [-0.3, -0.25) is 4.79 Å². The maximum Gasteiger partial charge on any atom is 0.312 e. The van der Waals surface area contributed by atoms with E-state index >= 15 is 0 Å². The quantitative estimate of drug-likeness (QED) is 0.613. The van der Waals surface area contributed by atoms with Crippen molar-refractivity contribution >= 4 is 34.2 Å². The number of H-pyrrole nitrogens is 1. The highest BCUT2D eigenvalue weighted by molar-refractivity contribution is 7.10. The number of nitrogens with zero attached hydrogens (tertiary/aromatic N) is 1. The van der Waals surface area contributed by atoms with Crippen molar-refractivity contribution in [2.75, 3.05) is 13.1 Å². The summed E-state index contributed by atoms with van der Waals surface area (Å²) in [4.78, 5) is 30.4. The van der Waals surface area contributed by atoms with E-state index in [1.165, 1.54) is 22.3 Å². The number of hydrogen-bond acceptors (Lipinski definition) is 3. The summed E-state index contributed by atoms with van der Waals surface area (Å²) < 4.78 is 0. The zero-order chi connectivity index (χ0) is 19.5. The number of carbonyl (C=O) groups is 2. The third-order valence-corrected chi connectivity index (χ3v) is 6.48. The van der Waals surface area contributed by atoms with Gasteiger partial charge in [-0.2, -0.15) is 0 Å². The lowest BCUT2D eigenvalue weighted by molar-refractivity contribution is -0.132. The van der Waals surface area contributed by atoms with Crippen molar-refractivity contribution < 1.29 is 9.59 Å². The Morgan fingerprint density at radius 1 is 1.21 bits per heavy atom. The molecule has 1 saturated heterocycles. The summed E-state index contributed by atoms with van der Waals surface area (Å²) in [5.74, 6) is 0.515. The first kappa shape index (κ1) is 18.6. The highest BCUT2D eigenvalue weighted by Gasteiger charge is 2.27. The molecule has 0 bridgehead atoms. The van der Waals surface area contributed by atoms with E-state index in [1.54, 1.807) is 0 Å². The van der Waals surface area contributed by atoms with Crippen molar-refractivity contribution in [2.24, 2.45) is 5.73 Å². The SMILES string of the molecule is NC(=O)NC(CC(=O)N1CCC(c2c[nH]c3ccccc23)CC1)c1cccs1. The zero-order valence-corrected chi connectivity index (χ0v) is 16.4. The Hall–Kier alpha value is -2.80. The number of hydrogen-bond donors (Lipinski definition) is 3. The van der Waals surface area contributed by atoms with Gasteiger partial charge in [-0.25, -0.2) is 4.79 Å². The van der Waals surface area contributed by atoms with Gasteiger partial charge in [0.1, 0.15) is 0 Å². The summed E-state index contributed by atoms with van der Waals surface area (Å²) in [7, 11) is 0. The Bertz CT molecular complexity index is 958. The standard InChI is InChI=1S/C21H24N4O2S/c22-21(27)24-18(19-6-3-11-28-19)12-20(26)25-9-7-14(8-10-25)16-13-23-17-5-2-1-4-15(16)17/h1-6,11,13-14,18,23H,7-10,12H2,(H3,22,24,27). The number of nitrogens with two attached hydrogens (primary N) is 1. The smallest absolute Gasteiger partial charge is 0.312 e. The van der Waals surface area contributed by atoms with Crippen LogP contribution in [0.4, 0.5) is 4.79 Å². The second-order valence-electron chi connectivity index (χ2n) is 7.23. The van der Waals surface area contributed by atoms with Gasteiger partial charge in [0.05, 0.1) is 12.5 Å². The average molecular weight is 397 g/mol. The van der Waals surface area contributed by atoms with Crippen molar-refractivity contribution in [3.05, 3.63) is 58.4 Å². The van der Waals surface area contributed by atoms with Gasteiger partial charge in [0.25, 0.3) is 0 Å². The second-order valence-corrected chi connectivity index (χ2v) is 8.20. The third-order valence-electron chi connectivity index (χ3n) is 5.49. The van der Waals surface area contributed by atoms with Crippen LogP contribution in [0.1, 0.15) is 41.7 Å². The number of fused-ring (bicyclic) bond motifs is 1. The number of thiophene rings is 1. The summed E-state index contributed by atoms with van der Waals surface area (Å²) in [6, 6.07) is 11.2. The zero-order valence-electron chi connectivity index (χ0n) is 15.6. The number of amides is 3. The first-order valence-electron chi connectivity index (χ1n) is 9.55. The summed E-state index contributed by atoms with van der Waals surface area (Å²) in [5.41, 5.74) is 7.80. The molecule has 1 unspecified atom stereocenters. The number of para-hydroxylation sites is 1. The van der Waals surface area contributed by atoms with Crippen molar-refractivity contribution in [2.45, 2.75) is 31.2 Å². The van der Waals surface area contributed by atoms with E-state index in [4.69, 9.17) is 5.73 Å². The van der Waals surface area contributed by atoms with Crippen LogP contribution < -0.4 is 11.1 Å². The summed E-state index contributed by atoms with van der Waals surface area (Å²) in [5, 5.41) is 5.91. The maximum atomic E-state index is 12.8. The number of urea groups is 1. The molecule has 4 N–H and O–H groups in total. The molecular formula is C21H24N4O2S. The van der Waals surface area contributed by atoms with Crippen LogP contribution in [0.5, 0.6) is 0 Å². The molecule has 0 radical (unpaired) electrons. The number of nitrogens with one attached hydrogen (secondary N) is 2. The molecule has 0 saturated carbocycles. The molecule has 6 nitrogen and oxygen atoms in total. The fraction of sp³-hybridized carbons (Fsp3) is 0.333. The monoisotopic (exact) mass is 396 g/mol. The molecule has 1 aliphatic heterocycles. The van der Waals surface area contributed by atoms with Crippen molar-refractivity contribution in [3.63, 3.8) is 0 Å². The number of rotatable bonds is 5. The fourth-order valence-electron chi connectivity index (χ4n) is 4.06. The minimum absolute atomic E-state index is 0.0597. The van der Waals surface area contributed by atoms with Crippen molar-refractivity contribution in [3.8, 4) is 0 Å². The number of piperidine rings is 1. The largest absolute Gasteiger partial charge is 0.361 e. The van der Waals surface area contributed by atoms with Crippen LogP contribution in [0.2, 0.25) is 0 Å². The van der Waals surface area contributed by atoms with Gasteiger partial charge in [0.2, 0.25) is 5.91 Å². The van der Waals surface area contributed by atoms with Crippen LogP contribution in [0.15, 0.2) is 48.0 Å². The molecule has 3 amide bonds. The molecular weight excluding hydrogens is 372 g/mol. The predicted octanol–water partition coefficient (Wildman–Crippen LogP) is 3.74. The molecule has 0 aliphatic carbocycles. The van der Waals surface area contributed by atoms with Gasteiger partial charge >= 0.3 is 6.03 Å². The third kappa shape index (κ3) is 3.89. The van der Waals surface area contributed by atoms with Crippen LogP contribution in [0.3, 0.4) is 0 Å². The molecule has 3 aromatic rings. The Morgan fingerprint density at radius 2 is 2.00 bits per heavy atom. The molecule has 1 atom stereocenters. The lowest BCUT2D eigenvalue weighted by atomic mass is 9.89. The number of benzene rings is 1. The van der Waals surface area contributed by atoms with E-state index in [2.05, 4.69) is 34.7 Å². The van der Waals surface area contributed by atoms with E-state index in [1.807, 2.05) is 28.5 Å². The van der Waals surface area contributed by atoms with E-state index in [-0.39, 0.29) is 18.4 Å². The maximum absolute atomic E-state index is 12.8. The van der Waals surface area contributed by atoms with Gasteiger partial charge in [-0.1, -0.05) is 24.3 Å². The summed E-state index contributed by atoms with van der Waals surface area (Å²) >= 11 is 1.52. The van der Waals surface area contributed by atoms with E-state index in [9.17, 15) is 9.59 Å². The topological polar surface area (TPSA) is 91.2 Å². The molecule has 28 heavy (non-hydrogen) atoms. The highest BCUT2D eigenvalue weighted by atomic mass is 32.1. The normalized spacial score (nSPS) is 16.2. The Labute approximate surface area is 167 Å². The molecule has 1 aromatic carbocycles. The first-order valence-corrected chi connectivity index (χ1v) is 10.4. The lowest BCUT2D eigenvalue weighted by Gasteiger charge is -2.33. The molecule has 3 heterocycles. The Kier molecular flexibility index (Phi) is 5.34. The van der Waals surface area contributed by atoms with Gasteiger partial charge in [-0.05, 0) is 41.8 Å². The summed E-state index contributed by atoms with van der Waals surface area (Å²) in [6.45, 7) is 1.47. The van der Waals surface area contributed by atoms with Gasteiger partial charge < -0.3 is 20.9 Å². The average Bonchev–Trinajstić information content (AvgIpc) is 3.37. The van der Waals surface area contributed by atoms with Gasteiger partial charge in [-0.15, -0.1) is 11.3 Å².